The summed E-state index contributed by atoms with van der Waals surface area (Å²) in [6.07, 6.45) is 1.52. The second-order valence-electron chi connectivity index (χ2n) is 15.9. The van der Waals surface area contributed by atoms with Crippen LogP contribution in [0.3, 0.4) is 0 Å². The molecule has 0 radical (unpaired) electrons. The maximum Gasteiger partial charge on any atom is 0.326 e. The number of urea groups is 1. The number of aromatic nitrogens is 1. The summed E-state index contributed by atoms with van der Waals surface area (Å²) < 4.78 is 18.7. The van der Waals surface area contributed by atoms with Crippen LogP contribution in [0.5, 0.6) is 17.2 Å². The van der Waals surface area contributed by atoms with Crippen LogP contribution in [0, 0.1) is 13.8 Å². The molecule has 322 valence electrons. The molecule has 13 heteroatoms. The molecule has 11 nitrogen and oxygen atoms in total. The van der Waals surface area contributed by atoms with E-state index in [-0.39, 0.29) is 38.6 Å². The molecule has 63 heavy (non-hydrogen) atoms. The Morgan fingerprint density at radius 3 is 2.37 bits per heavy atom. The molecule has 4 atom stereocenters. The number of carboxylic acids is 1. The van der Waals surface area contributed by atoms with E-state index in [2.05, 4.69) is 15.6 Å². The van der Waals surface area contributed by atoms with Gasteiger partial charge in [0, 0.05) is 46.9 Å². The Labute approximate surface area is 375 Å². The zero-order valence-electron chi connectivity index (χ0n) is 34.9. The number of carboxylic acid groups (broad SMARTS) is 1. The molecule has 8 rings (SSSR count). The predicted octanol–water partition coefficient (Wildman–Crippen LogP) is 9.77. The third-order valence-corrected chi connectivity index (χ3v) is 12.3. The van der Waals surface area contributed by atoms with Crippen molar-refractivity contribution in [3.8, 4) is 28.4 Å². The van der Waals surface area contributed by atoms with Gasteiger partial charge in [0.05, 0.1) is 6.04 Å². The average Bonchev–Trinajstić information content (AvgIpc) is 3.28. The second kappa shape index (κ2) is 18.8. The normalized spacial score (nSPS) is 16.3. The van der Waals surface area contributed by atoms with Crippen molar-refractivity contribution in [2.45, 2.75) is 71.0 Å². The Morgan fingerprint density at radius 1 is 0.889 bits per heavy atom. The fourth-order valence-electron chi connectivity index (χ4n) is 7.91. The molecule has 3 N–H and O–H groups in total. The van der Waals surface area contributed by atoms with Crippen LogP contribution in [0.15, 0.2) is 121 Å². The number of nitrogens with zero attached hydrogens (tertiary/aromatic N) is 2. The van der Waals surface area contributed by atoms with Crippen LogP contribution in [0.25, 0.3) is 11.1 Å². The first-order chi connectivity index (χ1) is 30.4. The van der Waals surface area contributed by atoms with E-state index in [4.69, 9.17) is 37.4 Å². The molecule has 0 saturated carbocycles. The van der Waals surface area contributed by atoms with Gasteiger partial charge in [-0.25, -0.2) is 9.59 Å². The number of nitrogens with one attached hydrogen (secondary N) is 2. The van der Waals surface area contributed by atoms with Crippen molar-refractivity contribution in [1.29, 1.82) is 0 Å². The minimum absolute atomic E-state index is 0.0458. The van der Waals surface area contributed by atoms with Crippen LogP contribution in [-0.4, -0.2) is 51.6 Å². The summed E-state index contributed by atoms with van der Waals surface area (Å²) in [7, 11) is 0. The number of hydrogen-bond donors (Lipinski definition) is 3. The lowest BCUT2D eigenvalue weighted by molar-refractivity contribution is -0.142. The SMILES string of the molecule is Cc1nccc(-c2ccc(CC(NC(=O)C3Cc4cc5c(cc4CN3C(=O)NC(C)c3ccccc3)OC(c3ccc(OCc4ccc(Cl)cc4Cl)cc3)CO5)C(=O)O)cc2)c1C. The van der Waals surface area contributed by atoms with Gasteiger partial charge in [0.2, 0.25) is 5.91 Å². The van der Waals surface area contributed by atoms with Gasteiger partial charge >= 0.3 is 12.0 Å². The molecule has 1 aromatic heterocycles. The van der Waals surface area contributed by atoms with Gasteiger partial charge < -0.3 is 34.9 Å². The van der Waals surface area contributed by atoms with Crippen LogP contribution in [0.1, 0.15) is 63.7 Å². The van der Waals surface area contributed by atoms with Gasteiger partial charge in [-0.15, -0.1) is 0 Å². The van der Waals surface area contributed by atoms with Crippen molar-refractivity contribution in [3.63, 3.8) is 0 Å². The first-order valence-corrected chi connectivity index (χ1v) is 21.4. The van der Waals surface area contributed by atoms with Crippen molar-refractivity contribution in [1.82, 2.24) is 20.5 Å². The van der Waals surface area contributed by atoms with E-state index in [1.54, 1.807) is 18.3 Å². The third kappa shape index (κ3) is 9.90. The minimum atomic E-state index is -1.25. The lowest BCUT2D eigenvalue weighted by atomic mass is 9.92. The van der Waals surface area contributed by atoms with Gasteiger partial charge in [0.1, 0.15) is 31.0 Å². The highest BCUT2D eigenvalue weighted by atomic mass is 35.5. The maximum atomic E-state index is 14.3. The van der Waals surface area contributed by atoms with Crippen LogP contribution in [-0.2, 0) is 35.6 Å². The van der Waals surface area contributed by atoms with Crippen molar-refractivity contribution in [2.24, 2.45) is 0 Å². The van der Waals surface area contributed by atoms with Gasteiger partial charge in [-0.1, -0.05) is 96.0 Å². The fraction of sp³-hybridized carbons (Fsp3) is 0.240. The Kier molecular flexibility index (Phi) is 12.9. The monoisotopic (exact) mass is 884 g/mol. The predicted molar refractivity (Wildman–Crippen MR) is 241 cm³/mol. The number of carbonyl (C=O) groups excluding carboxylic acids is 2. The Morgan fingerprint density at radius 2 is 1.63 bits per heavy atom. The Bertz CT molecular complexity index is 2640. The molecule has 4 unspecified atom stereocenters. The number of aryl methyl sites for hydroxylation is 1. The average molecular weight is 886 g/mol. The van der Waals surface area contributed by atoms with Crippen molar-refractivity contribution in [2.75, 3.05) is 6.61 Å². The number of carbonyl (C=O) groups is 3. The van der Waals surface area contributed by atoms with Gasteiger partial charge in [-0.2, -0.15) is 0 Å². The fourth-order valence-corrected chi connectivity index (χ4v) is 8.37. The molecule has 0 spiro atoms. The van der Waals surface area contributed by atoms with Crippen LogP contribution < -0.4 is 24.8 Å². The summed E-state index contributed by atoms with van der Waals surface area (Å²) in [6, 6.07) is 32.6. The van der Waals surface area contributed by atoms with E-state index in [0.29, 0.717) is 27.3 Å². The summed E-state index contributed by atoms with van der Waals surface area (Å²) in [6.45, 7) is 6.44. The van der Waals surface area contributed by atoms with Crippen molar-refractivity contribution < 1.29 is 33.7 Å². The Balaban J connectivity index is 0.988. The number of hydrogen-bond acceptors (Lipinski definition) is 7. The summed E-state index contributed by atoms with van der Waals surface area (Å²) in [5.74, 6) is -0.0749. The van der Waals surface area contributed by atoms with E-state index < -0.39 is 36.1 Å². The molecule has 0 fully saturated rings. The molecular weight excluding hydrogens is 839 g/mol. The number of fused-ring (bicyclic) bond motifs is 2. The molecule has 0 saturated heterocycles. The quantitative estimate of drug-likeness (QED) is 0.110. The number of ether oxygens (including phenoxy) is 3. The summed E-state index contributed by atoms with van der Waals surface area (Å²) in [5, 5.41) is 17.2. The largest absolute Gasteiger partial charge is 0.489 e. The molecule has 0 bridgehead atoms. The Hall–Kier alpha value is -6.56. The molecule has 6 aromatic rings. The van der Waals surface area contributed by atoms with Gasteiger partial charge in [0.15, 0.2) is 17.6 Å². The third-order valence-electron chi connectivity index (χ3n) is 11.7. The zero-order valence-corrected chi connectivity index (χ0v) is 36.5. The number of amides is 3. The zero-order chi connectivity index (χ0) is 44.2. The highest BCUT2D eigenvalue weighted by molar-refractivity contribution is 6.35. The molecule has 0 aliphatic carbocycles. The van der Waals surface area contributed by atoms with E-state index >= 15 is 0 Å². The van der Waals surface area contributed by atoms with Gasteiger partial charge in [-0.3, -0.25) is 9.78 Å². The summed E-state index contributed by atoms with van der Waals surface area (Å²) >= 11 is 12.3. The van der Waals surface area contributed by atoms with Crippen LogP contribution >= 0.6 is 23.2 Å². The number of aliphatic carboxylic acids is 1. The molecule has 3 amide bonds. The summed E-state index contributed by atoms with van der Waals surface area (Å²) in [4.78, 5) is 46.9. The lowest BCUT2D eigenvalue weighted by Gasteiger charge is -2.38. The number of halogens is 2. The lowest BCUT2D eigenvalue weighted by Crippen LogP contribution is -2.57. The second-order valence-corrected chi connectivity index (χ2v) is 16.7. The smallest absolute Gasteiger partial charge is 0.326 e. The van der Waals surface area contributed by atoms with E-state index in [1.807, 2.05) is 124 Å². The van der Waals surface area contributed by atoms with E-state index in [1.165, 1.54) is 4.90 Å². The maximum absolute atomic E-state index is 14.3. The van der Waals surface area contributed by atoms with Crippen LogP contribution in [0.4, 0.5) is 4.79 Å². The molecule has 2 aliphatic heterocycles. The number of pyridine rings is 1. The first-order valence-electron chi connectivity index (χ1n) is 20.7. The first kappa shape index (κ1) is 43.1. The summed E-state index contributed by atoms with van der Waals surface area (Å²) in [5.41, 5.74) is 8.93. The molecular formula is C50H46Cl2N4O7. The number of benzene rings is 5. The van der Waals surface area contributed by atoms with Gasteiger partial charge in [-0.05, 0) is 108 Å². The highest BCUT2D eigenvalue weighted by Gasteiger charge is 2.38. The van der Waals surface area contributed by atoms with Crippen molar-refractivity contribution in [3.05, 3.63) is 176 Å². The van der Waals surface area contributed by atoms with E-state index in [0.717, 1.165) is 55.8 Å². The molecule has 2 aliphatic rings. The molecule has 5 aromatic carbocycles. The minimum Gasteiger partial charge on any atom is -0.489 e. The standard InChI is InChI=1S/C50H46Cl2N4O7/c1-29-30(2)53-20-19-41(29)34-11-9-32(10-12-34)21-43(49(58)59)55-48(57)44-22-37-23-45-46(24-38(37)26-56(44)50(60)54-31(3)33-7-5-4-6-8-33)63-47(28-62-45)35-14-17-40(18-15-35)61-27-36-13-16-39(51)25-42(36)52/h4-20,23-25,31,43-44,47H,21-22,26-28H2,1-3H3,(H,54,60)(H,55,57)(H,58,59). The topological polar surface area (TPSA) is 139 Å². The molecule has 3 heterocycles. The van der Waals surface area contributed by atoms with Crippen molar-refractivity contribution >= 4 is 41.1 Å². The van der Waals surface area contributed by atoms with Gasteiger partial charge in [0.25, 0.3) is 0 Å². The highest BCUT2D eigenvalue weighted by Crippen LogP contribution is 2.41. The number of rotatable bonds is 12. The van der Waals surface area contributed by atoms with E-state index in [9.17, 15) is 19.5 Å². The van der Waals surface area contributed by atoms with Crippen LogP contribution in [0.2, 0.25) is 10.0 Å².